The predicted molar refractivity (Wildman–Crippen MR) is 79.7 cm³/mol. The number of carbonyl (C=O) groups excluding carboxylic acids is 2. The number of primary amides is 1. The van der Waals surface area contributed by atoms with Gasteiger partial charge < -0.3 is 15.7 Å². The van der Waals surface area contributed by atoms with Gasteiger partial charge in [0.2, 0.25) is 0 Å². The van der Waals surface area contributed by atoms with Crippen molar-refractivity contribution in [2.24, 2.45) is 5.73 Å². The molecule has 3 N–H and O–H groups in total. The van der Waals surface area contributed by atoms with Crippen LogP contribution in [0.5, 0.6) is 5.75 Å². The van der Waals surface area contributed by atoms with E-state index in [9.17, 15) is 14.7 Å². The van der Waals surface area contributed by atoms with Gasteiger partial charge in [-0.15, -0.1) is 11.3 Å². The molecule has 1 aromatic heterocycles. The Morgan fingerprint density at radius 1 is 1.45 bits per heavy atom. The maximum Gasteiger partial charge on any atom is 0.259 e. The van der Waals surface area contributed by atoms with Crippen LogP contribution < -0.4 is 5.73 Å². The maximum atomic E-state index is 11.6. The lowest BCUT2D eigenvalue weighted by Gasteiger charge is -2.10. The third-order valence-corrected chi connectivity index (χ3v) is 4.33. The van der Waals surface area contributed by atoms with Crippen LogP contribution in [0.2, 0.25) is 0 Å². The zero-order valence-corrected chi connectivity index (χ0v) is 12.2. The zero-order chi connectivity index (χ0) is 14.9. The molecular formula is C14H16N2O3S. The van der Waals surface area contributed by atoms with E-state index in [1.54, 1.807) is 6.07 Å². The normalized spacial score (nSPS) is 11.2. The number of aldehydes is 1. The number of likely N-dealkylation sites (N-methyl/N-ethyl adjacent to an activating group) is 1. The standard InChI is InChI=1S/C14H16N2O3S/c1-16(2)6-5-8-12-9(7-17)10(18)3-4-11(12)20-13(8)14(15)19/h3-4,7,18H,5-6H2,1-2H3,(H2,15,19). The van der Waals surface area contributed by atoms with Gasteiger partial charge in [0.05, 0.1) is 10.4 Å². The minimum atomic E-state index is -0.503. The maximum absolute atomic E-state index is 11.6. The van der Waals surface area contributed by atoms with Crippen molar-refractivity contribution in [3.63, 3.8) is 0 Å². The van der Waals surface area contributed by atoms with Crippen molar-refractivity contribution in [1.29, 1.82) is 0 Å². The largest absolute Gasteiger partial charge is 0.507 e. The quantitative estimate of drug-likeness (QED) is 0.820. The molecule has 20 heavy (non-hydrogen) atoms. The van der Waals surface area contributed by atoms with Crippen LogP contribution in [0.25, 0.3) is 10.1 Å². The number of hydrogen-bond donors (Lipinski definition) is 2. The van der Waals surface area contributed by atoms with Gasteiger partial charge in [-0.05, 0) is 38.2 Å². The number of phenolic OH excluding ortho intramolecular Hbond substituents is 1. The zero-order valence-electron chi connectivity index (χ0n) is 11.3. The molecule has 1 amide bonds. The lowest BCUT2D eigenvalue weighted by Crippen LogP contribution is -2.17. The van der Waals surface area contributed by atoms with Crippen LogP contribution in [-0.2, 0) is 6.42 Å². The van der Waals surface area contributed by atoms with Gasteiger partial charge in [-0.2, -0.15) is 0 Å². The summed E-state index contributed by atoms with van der Waals surface area (Å²) in [4.78, 5) is 25.3. The highest BCUT2D eigenvalue weighted by Gasteiger charge is 2.20. The fourth-order valence-corrected chi connectivity index (χ4v) is 3.28. The van der Waals surface area contributed by atoms with Crippen LogP contribution in [0.15, 0.2) is 12.1 Å². The minimum absolute atomic E-state index is 0.0765. The van der Waals surface area contributed by atoms with E-state index in [2.05, 4.69) is 0 Å². The molecule has 0 atom stereocenters. The second-order valence-electron chi connectivity index (χ2n) is 4.82. The van der Waals surface area contributed by atoms with E-state index < -0.39 is 5.91 Å². The smallest absolute Gasteiger partial charge is 0.259 e. The molecule has 2 aromatic rings. The van der Waals surface area contributed by atoms with Crippen LogP contribution in [0.4, 0.5) is 0 Å². The van der Waals surface area contributed by atoms with Crippen LogP contribution in [0.1, 0.15) is 25.6 Å². The van der Waals surface area contributed by atoms with Crippen molar-refractivity contribution >= 4 is 33.6 Å². The van der Waals surface area contributed by atoms with Crippen molar-refractivity contribution in [2.75, 3.05) is 20.6 Å². The third kappa shape index (κ3) is 2.52. The molecular weight excluding hydrogens is 276 g/mol. The number of thiophene rings is 1. The molecule has 0 radical (unpaired) electrons. The SMILES string of the molecule is CN(C)CCc1c(C(N)=O)sc2ccc(O)c(C=O)c12. The van der Waals surface area contributed by atoms with Crippen LogP contribution >= 0.6 is 11.3 Å². The van der Waals surface area contributed by atoms with Gasteiger partial charge in [-0.25, -0.2) is 0 Å². The summed E-state index contributed by atoms with van der Waals surface area (Å²) in [5.41, 5.74) is 6.38. The molecule has 106 valence electrons. The summed E-state index contributed by atoms with van der Waals surface area (Å²) in [7, 11) is 3.85. The molecule has 0 aliphatic heterocycles. The highest BCUT2D eigenvalue weighted by Crippen LogP contribution is 2.36. The summed E-state index contributed by atoms with van der Waals surface area (Å²) in [6.07, 6.45) is 1.21. The molecule has 5 nitrogen and oxygen atoms in total. The molecule has 0 aliphatic carbocycles. The molecule has 1 heterocycles. The Hall–Kier alpha value is -1.92. The van der Waals surface area contributed by atoms with Gasteiger partial charge in [0.25, 0.3) is 5.91 Å². The van der Waals surface area contributed by atoms with E-state index >= 15 is 0 Å². The first kappa shape index (κ1) is 14.5. The summed E-state index contributed by atoms with van der Waals surface area (Å²) >= 11 is 1.26. The molecule has 0 saturated carbocycles. The number of carbonyl (C=O) groups is 2. The Morgan fingerprint density at radius 2 is 2.15 bits per heavy atom. The highest BCUT2D eigenvalue weighted by molar-refractivity contribution is 7.21. The van der Waals surface area contributed by atoms with Crippen LogP contribution in [0.3, 0.4) is 0 Å². The van der Waals surface area contributed by atoms with E-state index in [0.717, 1.165) is 16.8 Å². The number of fused-ring (bicyclic) bond motifs is 1. The number of hydrogen-bond acceptors (Lipinski definition) is 5. The number of phenols is 1. The minimum Gasteiger partial charge on any atom is -0.507 e. The summed E-state index contributed by atoms with van der Waals surface area (Å²) in [5.74, 6) is -0.580. The molecule has 1 aromatic carbocycles. The van der Waals surface area contributed by atoms with E-state index in [1.807, 2.05) is 19.0 Å². The van der Waals surface area contributed by atoms with Crippen LogP contribution in [-0.4, -0.2) is 42.8 Å². The summed E-state index contributed by atoms with van der Waals surface area (Å²) in [6, 6.07) is 3.16. The first-order valence-electron chi connectivity index (χ1n) is 6.12. The van der Waals surface area contributed by atoms with Crippen molar-refractivity contribution in [2.45, 2.75) is 6.42 Å². The topological polar surface area (TPSA) is 83.6 Å². The molecule has 2 rings (SSSR count). The summed E-state index contributed by atoms with van der Waals surface area (Å²) in [5, 5.41) is 10.4. The summed E-state index contributed by atoms with van der Waals surface area (Å²) in [6.45, 7) is 0.722. The van der Waals surface area contributed by atoms with E-state index in [1.165, 1.54) is 17.4 Å². The van der Waals surface area contributed by atoms with Gasteiger partial charge in [0.1, 0.15) is 5.75 Å². The van der Waals surface area contributed by atoms with Crippen molar-refractivity contribution < 1.29 is 14.7 Å². The fourth-order valence-electron chi connectivity index (χ4n) is 2.16. The van der Waals surface area contributed by atoms with E-state index in [4.69, 9.17) is 5.73 Å². The van der Waals surface area contributed by atoms with Gasteiger partial charge in [0.15, 0.2) is 6.29 Å². The Morgan fingerprint density at radius 3 is 2.70 bits per heavy atom. The second kappa shape index (κ2) is 5.60. The Labute approximate surface area is 120 Å². The molecule has 0 spiro atoms. The monoisotopic (exact) mass is 292 g/mol. The van der Waals surface area contributed by atoms with Crippen LogP contribution in [0, 0.1) is 0 Å². The average molecular weight is 292 g/mol. The number of aromatic hydroxyl groups is 1. The van der Waals surface area contributed by atoms with Gasteiger partial charge in [-0.3, -0.25) is 9.59 Å². The summed E-state index contributed by atoms with van der Waals surface area (Å²) < 4.78 is 0.785. The lowest BCUT2D eigenvalue weighted by atomic mass is 10.0. The third-order valence-electron chi connectivity index (χ3n) is 3.12. The number of nitrogens with two attached hydrogens (primary N) is 1. The number of nitrogens with zero attached hydrogens (tertiary/aromatic N) is 1. The highest BCUT2D eigenvalue weighted by atomic mass is 32.1. The van der Waals surface area contributed by atoms with Gasteiger partial charge in [-0.1, -0.05) is 0 Å². The first-order chi connectivity index (χ1) is 9.45. The predicted octanol–water partition coefficient (Wildman–Crippen LogP) is 1.62. The lowest BCUT2D eigenvalue weighted by molar-refractivity contribution is 0.100. The molecule has 0 saturated heterocycles. The average Bonchev–Trinajstić information content (AvgIpc) is 2.75. The second-order valence-corrected chi connectivity index (χ2v) is 5.87. The Bertz CT molecular complexity index is 677. The van der Waals surface area contributed by atoms with Gasteiger partial charge in [0, 0.05) is 16.6 Å². The molecule has 0 fully saturated rings. The molecule has 0 unspecified atom stereocenters. The number of amides is 1. The fraction of sp³-hybridized carbons (Fsp3) is 0.286. The molecule has 0 aliphatic rings. The van der Waals surface area contributed by atoms with Gasteiger partial charge >= 0.3 is 0 Å². The molecule has 6 heteroatoms. The number of benzene rings is 1. The Kier molecular flexibility index (Phi) is 4.06. The molecule has 0 bridgehead atoms. The van der Waals surface area contributed by atoms with E-state index in [0.29, 0.717) is 23.0 Å². The first-order valence-corrected chi connectivity index (χ1v) is 6.94. The Balaban J connectivity index is 2.71. The van der Waals surface area contributed by atoms with E-state index in [-0.39, 0.29) is 11.3 Å². The number of rotatable bonds is 5. The van der Waals surface area contributed by atoms with Crippen molar-refractivity contribution in [1.82, 2.24) is 4.90 Å². The van der Waals surface area contributed by atoms with Crippen molar-refractivity contribution in [3.05, 3.63) is 28.1 Å². The van der Waals surface area contributed by atoms with Crippen molar-refractivity contribution in [3.8, 4) is 5.75 Å².